The lowest BCUT2D eigenvalue weighted by molar-refractivity contribution is -0.141. The third-order valence-electron chi connectivity index (χ3n) is 3.49. The van der Waals surface area contributed by atoms with Crippen LogP contribution in [0.15, 0.2) is 36.7 Å². The highest BCUT2D eigenvalue weighted by Gasteiger charge is 2.33. The van der Waals surface area contributed by atoms with Crippen LogP contribution in [0.3, 0.4) is 0 Å². The molecule has 0 aliphatic rings. The Morgan fingerprint density at radius 3 is 2.32 bits per heavy atom. The summed E-state index contributed by atoms with van der Waals surface area (Å²) in [5, 5.41) is 6.18. The molecule has 0 fully saturated rings. The predicted octanol–water partition coefficient (Wildman–Crippen LogP) is 4.22. The molecule has 0 spiro atoms. The SMILES string of the molecule is Cc1ccc(Nc2cc(NC(C)C)nc(-c3nccc(C(F)(F)F)n3)n2)cn1. The number of anilines is 3. The molecule has 3 rings (SSSR count). The van der Waals surface area contributed by atoms with Gasteiger partial charge in [0.25, 0.3) is 0 Å². The molecule has 0 aliphatic carbocycles. The first kappa shape index (κ1) is 19.5. The summed E-state index contributed by atoms with van der Waals surface area (Å²) in [7, 11) is 0. The minimum atomic E-state index is -4.58. The van der Waals surface area contributed by atoms with E-state index in [2.05, 4.69) is 35.6 Å². The van der Waals surface area contributed by atoms with Gasteiger partial charge < -0.3 is 10.6 Å². The summed E-state index contributed by atoms with van der Waals surface area (Å²) in [6, 6.07) is 6.15. The van der Waals surface area contributed by atoms with Gasteiger partial charge in [-0.1, -0.05) is 0 Å². The number of nitrogens with one attached hydrogen (secondary N) is 2. The van der Waals surface area contributed by atoms with Gasteiger partial charge in [-0.3, -0.25) is 4.98 Å². The normalized spacial score (nSPS) is 11.5. The van der Waals surface area contributed by atoms with Crippen molar-refractivity contribution in [3.8, 4) is 11.6 Å². The molecule has 146 valence electrons. The Morgan fingerprint density at radius 2 is 1.68 bits per heavy atom. The smallest absolute Gasteiger partial charge is 0.368 e. The van der Waals surface area contributed by atoms with E-state index >= 15 is 0 Å². The monoisotopic (exact) mass is 389 g/mol. The van der Waals surface area contributed by atoms with E-state index in [4.69, 9.17) is 0 Å². The van der Waals surface area contributed by atoms with Gasteiger partial charge in [-0.15, -0.1) is 0 Å². The lowest BCUT2D eigenvalue weighted by Gasteiger charge is -2.13. The van der Waals surface area contributed by atoms with E-state index in [0.717, 1.165) is 18.0 Å². The largest absolute Gasteiger partial charge is 0.433 e. The van der Waals surface area contributed by atoms with E-state index in [1.54, 1.807) is 12.3 Å². The van der Waals surface area contributed by atoms with Crippen LogP contribution in [0.5, 0.6) is 0 Å². The Bertz CT molecular complexity index is 956. The van der Waals surface area contributed by atoms with Crippen molar-refractivity contribution in [1.29, 1.82) is 0 Å². The van der Waals surface area contributed by atoms with Crippen molar-refractivity contribution in [2.24, 2.45) is 0 Å². The van der Waals surface area contributed by atoms with E-state index in [0.29, 0.717) is 17.3 Å². The molecule has 3 aromatic rings. The number of hydrogen-bond acceptors (Lipinski definition) is 7. The zero-order chi connectivity index (χ0) is 20.3. The van der Waals surface area contributed by atoms with Crippen LogP contribution in [0.4, 0.5) is 30.5 Å². The minimum Gasteiger partial charge on any atom is -0.368 e. The standard InChI is InChI=1S/C18H18F3N7/c1-10(2)24-14-8-15(25-12-5-4-11(3)23-9-12)28-17(27-14)16-22-7-6-13(26-16)18(19,20)21/h4-10H,1-3H3,(H2,24,25,27,28). The van der Waals surface area contributed by atoms with Gasteiger partial charge in [0.15, 0.2) is 5.82 Å². The Kier molecular flexibility index (Phi) is 5.39. The fourth-order valence-electron chi connectivity index (χ4n) is 2.29. The summed E-state index contributed by atoms with van der Waals surface area (Å²) < 4.78 is 38.9. The molecule has 28 heavy (non-hydrogen) atoms. The predicted molar refractivity (Wildman–Crippen MR) is 99.1 cm³/mol. The first-order chi connectivity index (χ1) is 13.2. The zero-order valence-electron chi connectivity index (χ0n) is 15.4. The summed E-state index contributed by atoms with van der Waals surface area (Å²) >= 11 is 0. The Hall–Kier alpha value is -3.30. The second kappa shape index (κ2) is 7.75. The summed E-state index contributed by atoms with van der Waals surface area (Å²) in [5.41, 5.74) is 0.477. The van der Waals surface area contributed by atoms with Crippen LogP contribution in [-0.2, 0) is 6.18 Å². The van der Waals surface area contributed by atoms with Crippen LogP contribution in [-0.4, -0.2) is 31.0 Å². The van der Waals surface area contributed by atoms with Crippen LogP contribution in [0, 0.1) is 6.92 Å². The van der Waals surface area contributed by atoms with Gasteiger partial charge in [-0.05, 0) is 39.0 Å². The molecule has 0 aromatic carbocycles. The fraction of sp³-hybridized carbons (Fsp3) is 0.278. The maximum atomic E-state index is 13.0. The summed E-state index contributed by atoms with van der Waals surface area (Å²) in [5.74, 6) is 0.565. The third kappa shape index (κ3) is 4.90. The summed E-state index contributed by atoms with van der Waals surface area (Å²) in [6.45, 7) is 5.70. The molecule has 0 bridgehead atoms. The molecule has 2 N–H and O–H groups in total. The Balaban J connectivity index is 2.01. The molecular weight excluding hydrogens is 371 g/mol. The summed E-state index contributed by atoms with van der Waals surface area (Å²) in [6.07, 6.45) is -1.92. The average Bonchev–Trinajstić information content (AvgIpc) is 2.62. The number of aromatic nitrogens is 5. The van der Waals surface area contributed by atoms with Gasteiger partial charge in [-0.25, -0.2) is 19.9 Å². The maximum Gasteiger partial charge on any atom is 0.433 e. The lowest BCUT2D eigenvalue weighted by atomic mass is 10.3. The van der Waals surface area contributed by atoms with Gasteiger partial charge in [-0.2, -0.15) is 13.2 Å². The van der Waals surface area contributed by atoms with Gasteiger partial charge in [0, 0.05) is 24.0 Å². The average molecular weight is 389 g/mol. The van der Waals surface area contributed by atoms with Crippen molar-refractivity contribution in [1.82, 2.24) is 24.9 Å². The third-order valence-corrected chi connectivity index (χ3v) is 3.49. The quantitative estimate of drug-likeness (QED) is 0.675. The second-order valence-corrected chi connectivity index (χ2v) is 6.34. The molecule has 3 aromatic heterocycles. The van der Waals surface area contributed by atoms with Crippen molar-refractivity contribution in [3.05, 3.63) is 48.0 Å². The Labute approximate surface area is 159 Å². The highest BCUT2D eigenvalue weighted by Crippen LogP contribution is 2.28. The van der Waals surface area contributed by atoms with Crippen LogP contribution in [0.25, 0.3) is 11.6 Å². The van der Waals surface area contributed by atoms with E-state index in [9.17, 15) is 13.2 Å². The number of rotatable bonds is 5. The molecule has 0 saturated carbocycles. The van der Waals surface area contributed by atoms with Gasteiger partial charge in [0.05, 0.1) is 11.9 Å². The van der Waals surface area contributed by atoms with Crippen molar-refractivity contribution in [3.63, 3.8) is 0 Å². The van der Waals surface area contributed by atoms with E-state index < -0.39 is 11.9 Å². The summed E-state index contributed by atoms with van der Waals surface area (Å²) in [4.78, 5) is 20.2. The molecule has 0 saturated heterocycles. The van der Waals surface area contributed by atoms with Gasteiger partial charge >= 0.3 is 6.18 Å². The molecule has 3 heterocycles. The maximum absolute atomic E-state index is 13.0. The number of aryl methyl sites for hydroxylation is 1. The van der Waals surface area contributed by atoms with E-state index in [-0.39, 0.29) is 17.7 Å². The number of nitrogens with zero attached hydrogens (tertiary/aromatic N) is 5. The first-order valence-corrected chi connectivity index (χ1v) is 8.46. The first-order valence-electron chi connectivity index (χ1n) is 8.46. The van der Waals surface area contributed by atoms with Crippen LogP contribution < -0.4 is 10.6 Å². The van der Waals surface area contributed by atoms with Crippen molar-refractivity contribution in [2.75, 3.05) is 10.6 Å². The number of hydrogen-bond donors (Lipinski definition) is 2. The fourth-order valence-corrected chi connectivity index (χ4v) is 2.29. The van der Waals surface area contributed by atoms with Gasteiger partial charge in [0.1, 0.15) is 17.3 Å². The molecular formula is C18H18F3N7. The molecule has 0 unspecified atom stereocenters. The lowest BCUT2D eigenvalue weighted by Crippen LogP contribution is -2.13. The van der Waals surface area contributed by atoms with Crippen LogP contribution in [0.1, 0.15) is 25.2 Å². The van der Waals surface area contributed by atoms with E-state index in [1.165, 1.54) is 0 Å². The number of alkyl halides is 3. The molecule has 0 amide bonds. The van der Waals surface area contributed by atoms with Gasteiger partial charge in [0.2, 0.25) is 5.82 Å². The van der Waals surface area contributed by atoms with Crippen LogP contribution in [0.2, 0.25) is 0 Å². The molecule has 7 nitrogen and oxygen atoms in total. The molecule has 0 atom stereocenters. The second-order valence-electron chi connectivity index (χ2n) is 6.34. The van der Waals surface area contributed by atoms with Crippen molar-refractivity contribution in [2.45, 2.75) is 33.0 Å². The highest BCUT2D eigenvalue weighted by molar-refractivity contribution is 5.62. The topological polar surface area (TPSA) is 88.5 Å². The molecule has 0 aliphatic heterocycles. The molecule has 0 radical (unpaired) electrons. The van der Waals surface area contributed by atoms with Crippen LogP contribution >= 0.6 is 0 Å². The van der Waals surface area contributed by atoms with Crippen molar-refractivity contribution >= 4 is 17.3 Å². The van der Waals surface area contributed by atoms with Crippen molar-refractivity contribution < 1.29 is 13.2 Å². The number of pyridine rings is 1. The molecule has 10 heteroatoms. The highest BCUT2D eigenvalue weighted by atomic mass is 19.4. The Morgan fingerprint density at radius 1 is 0.929 bits per heavy atom. The minimum absolute atomic E-state index is 0.0284. The zero-order valence-corrected chi connectivity index (χ0v) is 15.4. The number of halogens is 3. The van der Waals surface area contributed by atoms with E-state index in [1.807, 2.05) is 32.9 Å².